The molecule has 2 aromatic carbocycles. The van der Waals surface area contributed by atoms with Crippen LogP contribution in [0.3, 0.4) is 0 Å². The summed E-state index contributed by atoms with van der Waals surface area (Å²) in [4.78, 5) is 1.14. The van der Waals surface area contributed by atoms with Gasteiger partial charge < -0.3 is 29.9 Å². The first kappa shape index (κ1) is 43.3. The molecule has 0 unspecified atom stereocenters. The van der Waals surface area contributed by atoms with Gasteiger partial charge in [-0.2, -0.15) is 0 Å². The number of hydrogen-bond donors (Lipinski definition) is 2. The Balaban J connectivity index is 0.000000370. The molecule has 1 aliphatic rings. The molecular weight excluding hydrogens is 853 g/mol. The van der Waals surface area contributed by atoms with Gasteiger partial charge in [-0.25, -0.2) is 0 Å². The Bertz CT molecular complexity index is 1680. The molecule has 0 aliphatic carbocycles. The largest absolute Gasteiger partial charge is 0.494 e. The van der Waals surface area contributed by atoms with Gasteiger partial charge in [0.15, 0.2) is 0 Å². The zero-order valence-corrected chi connectivity index (χ0v) is 34.2. The summed E-state index contributed by atoms with van der Waals surface area (Å²) in [7, 11) is -5.20. The zero-order chi connectivity index (χ0) is 33.3. The monoisotopic (exact) mass is 896 g/mol. The molecule has 1 fully saturated rings. The summed E-state index contributed by atoms with van der Waals surface area (Å²) in [6.45, 7) is 15.0. The second-order valence-electron chi connectivity index (χ2n) is 12.0. The number of rotatable bonds is 4. The van der Waals surface area contributed by atoms with Gasteiger partial charge in [0.25, 0.3) is 0 Å². The first-order valence-electron chi connectivity index (χ1n) is 13.5. The molecule has 4 aromatic rings. The average molecular weight is 899 g/mol. The van der Waals surface area contributed by atoms with Crippen LogP contribution in [0.25, 0.3) is 10.4 Å². The van der Waals surface area contributed by atoms with Crippen molar-refractivity contribution in [2.45, 2.75) is 53.8 Å². The van der Waals surface area contributed by atoms with E-state index in [4.69, 9.17) is 20.8 Å². The van der Waals surface area contributed by atoms with E-state index in [1.807, 2.05) is 82.3 Å². The molecule has 46 heavy (non-hydrogen) atoms. The molecule has 5 rings (SSSR count). The van der Waals surface area contributed by atoms with E-state index in [9.17, 15) is 9.13 Å². The van der Waals surface area contributed by atoms with Gasteiger partial charge in [-0.3, -0.25) is 0 Å². The predicted octanol–water partition coefficient (Wildman–Crippen LogP) is 10.4. The summed E-state index contributed by atoms with van der Waals surface area (Å²) >= 11 is 13.4. The minimum atomic E-state index is -2.42. The number of nitrogens with two attached hydrogens (primary N) is 2. The molecule has 0 radical (unpaired) electrons. The van der Waals surface area contributed by atoms with Crippen molar-refractivity contribution in [2.24, 2.45) is 0 Å². The lowest BCUT2D eigenvalue weighted by Crippen LogP contribution is -2.41. The van der Waals surface area contributed by atoms with Crippen molar-refractivity contribution < 1.29 is 18.4 Å². The molecule has 4 N–H and O–H groups in total. The second kappa shape index (κ2) is 16.8. The highest BCUT2D eigenvalue weighted by Gasteiger charge is 2.51. The molecule has 0 saturated carbocycles. The summed E-state index contributed by atoms with van der Waals surface area (Å²) in [6.07, 6.45) is 0. The number of benzene rings is 2. The Hall–Kier alpha value is -0.675. The van der Waals surface area contributed by atoms with Crippen LogP contribution in [0.1, 0.15) is 42.5 Å². The second-order valence-corrected chi connectivity index (χ2v) is 24.7. The zero-order valence-electron chi connectivity index (χ0n) is 26.0. The van der Waals surface area contributed by atoms with E-state index < -0.39 is 21.4 Å². The van der Waals surface area contributed by atoms with Crippen LogP contribution in [0.15, 0.2) is 72.0 Å². The molecule has 254 valence electrons. The lowest BCUT2D eigenvalue weighted by molar-refractivity contribution is 0.00578. The minimum absolute atomic E-state index is 0. The van der Waals surface area contributed by atoms with Crippen molar-refractivity contribution in [3.63, 3.8) is 0 Å². The van der Waals surface area contributed by atoms with Crippen LogP contribution in [0.5, 0.6) is 0 Å². The molecule has 0 spiro atoms. The fraction of sp³-hybridized carbons (Fsp3) is 0.375. The van der Waals surface area contributed by atoms with E-state index in [0.717, 1.165) is 25.0 Å². The summed E-state index contributed by atoms with van der Waals surface area (Å²) in [5.41, 5.74) is 14.1. The number of halogens is 3. The molecule has 0 amide bonds. The Morgan fingerprint density at radius 2 is 1.07 bits per heavy atom. The van der Waals surface area contributed by atoms with Crippen LogP contribution in [0.2, 0.25) is 0 Å². The van der Waals surface area contributed by atoms with E-state index >= 15 is 0 Å². The summed E-state index contributed by atoms with van der Waals surface area (Å²) < 4.78 is 39.9. The van der Waals surface area contributed by atoms with Gasteiger partial charge in [-0.15, -0.1) is 22.7 Å². The predicted molar refractivity (Wildman–Crippen MR) is 220 cm³/mol. The third-order valence-electron chi connectivity index (χ3n) is 7.17. The Labute approximate surface area is 309 Å². The van der Waals surface area contributed by atoms with Crippen molar-refractivity contribution >= 4 is 119 Å². The third kappa shape index (κ3) is 11.5. The van der Waals surface area contributed by atoms with E-state index in [1.165, 1.54) is 7.57 Å². The quantitative estimate of drug-likeness (QED) is 0.120. The van der Waals surface area contributed by atoms with Gasteiger partial charge >= 0.3 is 7.12 Å². The molecule has 1 saturated heterocycles. The van der Waals surface area contributed by atoms with Crippen LogP contribution in [-0.4, -0.2) is 45.0 Å². The van der Waals surface area contributed by atoms with Gasteiger partial charge in [0.05, 0.1) is 22.6 Å². The molecule has 3 heterocycles. The summed E-state index contributed by atoms with van der Waals surface area (Å²) in [5, 5.41) is 1.45. The van der Waals surface area contributed by atoms with Crippen molar-refractivity contribution in [2.75, 3.05) is 38.1 Å². The van der Waals surface area contributed by atoms with Gasteiger partial charge in [-0.05, 0) is 162 Å². The van der Waals surface area contributed by atoms with Crippen LogP contribution < -0.4 is 27.5 Å². The number of hydrogen-bond acceptors (Lipinski definition) is 8. The standard InChI is InChI=1S/C14H23BNO3P.C12H13BrNOPS.C4H2Br2S.2CH4/c1-13(2)14(3,4)19-15(18-13)10-7-8-11(16)12(9-10)20(5,6)17;1-16(2,15)10-7-8(3-4-9(10)14)11-5-6-12(13)17-11;5-3-1-2-4(6)7-3;;/h7-9H,16H2,1-6H3;3-7H,14H2,1-2H3;1-2H;2*1H4. The smallest absolute Gasteiger partial charge is 0.399 e. The van der Waals surface area contributed by atoms with Crippen LogP contribution in [0.4, 0.5) is 11.4 Å². The number of anilines is 2. The van der Waals surface area contributed by atoms with E-state index in [-0.39, 0.29) is 26.1 Å². The summed E-state index contributed by atoms with van der Waals surface area (Å²) in [5.74, 6) is 0. The van der Waals surface area contributed by atoms with Gasteiger partial charge in [0.1, 0.15) is 14.3 Å². The highest BCUT2D eigenvalue weighted by molar-refractivity contribution is 9.12. The lowest BCUT2D eigenvalue weighted by atomic mass is 9.79. The highest BCUT2D eigenvalue weighted by atomic mass is 79.9. The first-order valence-corrected chi connectivity index (χ1v) is 22.7. The van der Waals surface area contributed by atoms with Crippen LogP contribution in [0, 0.1) is 0 Å². The Morgan fingerprint density at radius 1 is 0.652 bits per heavy atom. The maximum Gasteiger partial charge on any atom is 0.494 e. The van der Waals surface area contributed by atoms with Crippen molar-refractivity contribution in [1.29, 1.82) is 0 Å². The molecular formula is C32H46BBr3N2O4P2S2. The van der Waals surface area contributed by atoms with E-state index in [1.54, 1.807) is 55.4 Å². The van der Waals surface area contributed by atoms with Gasteiger partial charge in [0.2, 0.25) is 0 Å². The Kier molecular flexibility index (Phi) is 15.9. The van der Waals surface area contributed by atoms with Crippen LogP contribution >= 0.6 is 84.7 Å². The van der Waals surface area contributed by atoms with Crippen molar-refractivity contribution in [3.05, 3.63) is 72.0 Å². The highest BCUT2D eigenvalue weighted by Crippen LogP contribution is 2.40. The molecule has 0 bridgehead atoms. The lowest BCUT2D eigenvalue weighted by Gasteiger charge is -2.32. The molecule has 2 aromatic heterocycles. The third-order valence-corrected chi connectivity index (χ3v) is 14.1. The Morgan fingerprint density at radius 3 is 1.46 bits per heavy atom. The molecule has 1 aliphatic heterocycles. The average Bonchev–Trinajstić information content (AvgIpc) is 3.55. The fourth-order valence-electron chi connectivity index (χ4n) is 4.08. The minimum Gasteiger partial charge on any atom is -0.399 e. The van der Waals surface area contributed by atoms with Crippen molar-refractivity contribution in [1.82, 2.24) is 0 Å². The fourth-order valence-corrected chi connectivity index (χ4v) is 10.2. The van der Waals surface area contributed by atoms with E-state index in [0.29, 0.717) is 16.7 Å². The first-order chi connectivity index (χ1) is 20.1. The molecule has 6 nitrogen and oxygen atoms in total. The van der Waals surface area contributed by atoms with Crippen LogP contribution in [-0.2, 0) is 18.4 Å². The maximum absolute atomic E-state index is 12.3. The number of thiophene rings is 2. The van der Waals surface area contributed by atoms with Gasteiger partial charge in [0, 0.05) is 26.9 Å². The molecule has 14 heteroatoms. The van der Waals surface area contributed by atoms with E-state index in [2.05, 4.69) is 47.8 Å². The normalized spacial score (nSPS) is 15.0. The molecule has 0 atom stereocenters. The SMILES string of the molecule is Brc1ccc(Br)s1.C.C.CC1(C)OB(c2ccc(N)c(P(C)(C)=O)c2)OC1(C)C.CP(C)(=O)c1cc(-c2ccc(Br)s2)ccc1N. The summed E-state index contributed by atoms with van der Waals surface area (Å²) in [6, 6.07) is 19.3. The number of nitrogen functional groups attached to an aromatic ring is 2. The topological polar surface area (TPSA) is 105 Å². The van der Waals surface area contributed by atoms with Crippen molar-refractivity contribution in [3.8, 4) is 10.4 Å². The van der Waals surface area contributed by atoms with Gasteiger partial charge in [-0.1, -0.05) is 27.0 Å². The maximum atomic E-state index is 12.3.